The van der Waals surface area contributed by atoms with Crippen LogP contribution in [0.2, 0.25) is 0 Å². The first-order valence-corrected chi connectivity index (χ1v) is 23.6. The zero-order valence-corrected chi connectivity index (χ0v) is 37.0. The van der Waals surface area contributed by atoms with E-state index in [4.69, 9.17) is 14.2 Å². The normalized spacial score (nSPS) is 12.2. The highest BCUT2D eigenvalue weighted by Crippen LogP contribution is 2.17. The molecule has 320 valence electrons. The number of unbranched alkanes of at least 4 members (excludes halogenated alkanes) is 24. The molecule has 0 saturated carbocycles. The summed E-state index contributed by atoms with van der Waals surface area (Å²) in [6.45, 7) is 13.6. The van der Waals surface area contributed by atoms with Crippen molar-refractivity contribution in [1.82, 2.24) is 0 Å². The van der Waals surface area contributed by atoms with Gasteiger partial charge in [-0.15, -0.1) is 0 Å². The van der Waals surface area contributed by atoms with Gasteiger partial charge in [0.05, 0.1) is 0 Å². The van der Waals surface area contributed by atoms with E-state index < -0.39 is 6.10 Å². The molecule has 0 aromatic heterocycles. The molecular weight excluding hydrogens is 673 g/mol. The molecule has 0 fully saturated rings. The lowest BCUT2D eigenvalue weighted by Crippen LogP contribution is -2.30. The molecular formula is C48H92O6. The van der Waals surface area contributed by atoms with Gasteiger partial charge in [0.15, 0.2) is 6.10 Å². The Morgan fingerprint density at radius 1 is 0.315 bits per heavy atom. The van der Waals surface area contributed by atoms with Crippen LogP contribution in [-0.4, -0.2) is 37.2 Å². The van der Waals surface area contributed by atoms with Gasteiger partial charge in [-0.25, -0.2) is 0 Å². The zero-order chi connectivity index (χ0) is 39.9. The number of rotatable bonds is 41. The number of carbonyl (C=O) groups excluding carboxylic acids is 3. The third-order valence-electron chi connectivity index (χ3n) is 10.6. The fraction of sp³-hybridized carbons (Fsp3) is 0.938. The molecule has 0 aromatic rings. The molecule has 0 N–H and O–H groups in total. The quantitative estimate of drug-likeness (QED) is 0.0350. The van der Waals surface area contributed by atoms with E-state index in [0.29, 0.717) is 19.3 Å². The number of esters is 3. The number of ether oxygens (including phenoxy) is 3. The van der Waals surface area contributed by atoms with Gasteiger partial charge in [-0.05, 0) is 37.0 Å². The predicted molar refractivity (Wildman–Crippen MR) is 229 cm³/mol. The second-order valence-electron chi connectivity index (χ2n) is 17.8. The minimum absolute atomic E-state index is 0.0663. The van der Waals surface area contributed by atoms with Crippen LogP contribution in [0.5, 0.6) is 0 Å². The number of carbonyl (C=O) groups is 3. The average molecular weight is 765 g/mol. The summed E-state index contributed by atoms with van der Waals surface area (Å²) in [5, 5.41) is 0. The molecule has 0 rings (SSSR count). The lowest BCUT2D eigenvalue weighted by atomic mass is 10.0. The van der Waals surface area contributed by atoms with Gasteiger partial charge in [-0.3, -0.25) is 14.4 Å². The van der Waals surface area contributed by atoms with E-state index in [0.717, 1.165) is 75.5 Å². The molecule has 0 heterocycles. The van der Waals surface area contributed by atoms with Crippen LogP contribution in [0.15, 0.2) is 0 Å². The lowest BCUT2D eigenvalue weighted by molar-refractivity contribution is -0.167. The Hall–Kier alpha value is -1.59. The molecule has 0 aliphatic rings. The van der Waals surface area contributed by atoms with Gasteiger partial charge < -0.3 is 14.2 Å². The van der Waals surface area contributed by atoms with Crippen molar-refractivity contribution in [2.45, 2.75) is 260 Å². The topological polar surface area (TPSA) is 78.9 Å². The summed E-state index contributed by atoms with van der Waals surface area (Å²) in [6.07, 6.45) is 36.8. The van der Waals surface area contributed by atoms with Crippen LogP contribution in [0.4, 0.5) is 0 Å². The highest BCUT2D eigenvalue weighted by molar-refractivity contribution is 5.71. The Labute approximate surface area is 336 Å². The first kappa shape index (κ1) is 52.4. The number of hydrogen-bond donors (Lipinski definition) is 0. The Morgan fingerprint density at radius 2 is 0.537 bits per heavy atom. The Balaban J connectivity index is 4.30. The summed E-state index contributed by atoms with van der Waals surface area (Å²) in [5.41, 5.74) is 0. The van der Waals surface area contributed by atoms with Crippen molar-refractivity contribution >= 4 is 17.9 Å². The summed E-state index contributed by atoms with van der Waals surface area (Å²) in [5.74, 6) is 1.54. The molecule has 0 amide bonds. The maximum Gasteiger partial charge on any atom is 0.306 e. The highest BCUT2D eigenvalue weighted by Gasteiger charge is 2.19. The van der Waals surface area contributed by atoms with E-state index in [-0.39, 0.29) is 31.1 Å². The van der Waals surface area contributed by atoms with E-state index in [1.807, 2.05) is 0 Å². The maximum absolute atomic E-state index is 12.7. The molecule has 1 atom stereocenters. The van der Waals surface area contributed by atoms with Crippen molar-refractivity contribution in [2.24, 2.45) is 17.8 Å². The van der Waals surface area contributed by atoms with Crippen LogP contribution in [0.25, 0.3) is 0 Å². The van der Waals surface area contributed by atoms with Gasteiger partial charge in [-0.1, -0.05) is 215 Å². The van der Waals surface area contributed by atoms with Crippen LogP contribution in [0.1, 0.15) is 253 Å². The van der Waals surface area contributed by atoms with E-state index in [1.54, 1.807) is 0 Å². The summed E-state index contributed by atoms with van der Waals surface area (Å²) in [7, 11) is 0. The largest absolute Gasteiger partial charge is 0.462 e. The third kappa shape index (κ3) is 41.6. The monoisotopic (exact) mass is 765 g/mol. The number of hydrogen-bond acceptors (Lipinski definition) is 6. The zero-order valence-electron chi connectivity index (χ0n) is 37.0. The van der Waals surface area contributed by atoms with Gasteiger partial charge in [0.2, 0.25) is 0 Å². The van der Waals surface area contributed by atoms with Crippen molar-refractivity contribution < 1.29 is 28.6 Å². The molecule has 0 radical (unpaired) electrons. The summed E-state index contributed by atoms with van der Waals surface area (Å²) in [6, 6.07) is 0. The smallest absolute Gasteiger partial charge is 0.306 e. The van der Waals surface area contributed by atoms with E-state index in [2.05, 4.69) is 41.5 Å². The van der Waals surface area contributed by atoms with Gasteiger partial charge >= 0.3 is 17.9 Å². The Morgan fingerprint density at radius 3 is 0.796 bits per heavy atom. The lowest BCUT2D eigenvalue weighted by Gasteiger charge is -2.18. The second-order valence-corrected chi connectivity index (χ2v) is 17.8. The molecule has 0 saturated heterocycles. The minimum Gasteiger partial charge on any atom is -0.462 e. The van der Waals surface area contributed by atoms with Crippen LogP contribution in [0, 0.1) is 17.8 Å². The van der Waals surface area contributed by atoms with Crippen LogP contribution < -0.4 is 0 Å². The van der Waals surface area contributed by atoms with Crippen molar-refractivity contribution in [1.29, 1.82) is 0 Å². The van der Waals surface area contributed by atoms with Crippen LogP contribution >= 0.6 is 0 Å². The van der Waals surface area contributed by atoms with Gasteiger partial charge in [0.25, 0.3) is 0 Å². The van der Waals surface area contributed by atoms with Crippen LogP contribution in [-0.2, 0) is 28.6 Å². The van der Waals surface area contributed by atoms with Crippen molar-refractivity contribution in [2.75, 3.05) is 13.2 Å². The molecule has 0 aromatic carbocycles. The van der Waals surface area contributed by atoms with Gasteiger partial charge in [0, 0.05) is 19.3 Å². The molecule has 0 unspecified atom stereocenters. The molecule has 0 bridgehead atoms. The Kier molecular flexibility index (Phi) is 38.5. The van der Waals surface area contributed by atoms with Gasteiger partial charge in [0.1, 0.15) is 13.2 Å². The minimum atomic E-state index is -0.762. The summed E-state index contributed by atoms with van der Waals surface area (Å²) in [4.78, 5) is 37.7. The molecule has 54 heavy (non-hydrogen) atoms. The SMILES string of the molecule is CC(C)CCCCCCCCCCCCCCC(=O)OC[C@H](COC(=O)CCCCCCCCC(C)C)OC(=O)CCCCCCCCCCCC(C)C. The highest BCUT2D eigenvalue weighted by atomic mass is 16.6. The first-order chi connectivity index (χ1) is 26.1. The molecule has 0 aliphatic heterocycles. The average Bonchev–Trinajstić information content (AvgIpc) is 3.12. The van der Waals surface area contributed by atoms with Gasteiger partial charge in [-0.2, -0.15) is 0 Å². The fourth-order valence-corrected chi connectivity index (χ4v) is 7.06. The summed E-state index contributed by atoms with van der Waals surface area (Å²) >= 11 is 0. The van der Waals surface area contributed by atoms with Crippen molar-refractivity contribution in [3.8, 4) is 0 Å². The molecule has 6 heteroatoms. The molecule has 0 aliphatic carbocycles. The van der Waals surface area contributed by atoms with E-state index in [9.17, 15) is 14.4 Å². The molecule has 6 nitrogen and oxygen atoms in total. The van der Waals surface area contributed by atoms with E-state index in [1.165, 1.54) is 135 Å². The van der Waals surface area contributed by atoms with E-state index >= 15 is 0 Å². The second kappa shape index (κ2) is 39.6. The standard InChI is InChI=1S/C48H92O6/c1-42(2)34-28-22-16-12-9-7-8-10-14-18-25-31-37-46(49)52-40-45(41-53-47(50)38-32-26-21-20-24-30-36-44(5)6)54-48(51)39-33-27-19-15-11-13-17-23-29-35-43(3)4/h42-45H,7-41H2,1-6H3/t45-/m1/s1. The van der Waals surface area contributed by atoms with Crippen molar-refractivity contribution in [3.05, 3.63) is 0 Å². The third-order valence-corrected chi connectivity index (χ3v) is 10.6. The Bertz CT molecular complexity index is 837. The van der Waals surface area contributed by atoms with Crippen LogP contribution in [0.3, 0.4) is 0 Å². The molecule has 0 spiro atoms. The maximum atomic E-state index is 12.7. The predicted octanol–water partition coefficient (Wildman–Crippen LogP) is 14.8. The fourth-order valence-electron chi connectivity index (χ4n) is 7.06. The first-order valence-electron chi connectivity index (χ1n) is 23.6. The summed E-state index contributed by atoms with van der Waals surface area (Å²) < 4.78 is 16.7. The van der Waals surface area contributed by atoms with Crippen molar-refractivity contribution in [3.63, 3.8) is 0 Å².